The summed E-state index contributed by atoms with van der Waals surface area (Å²) in [6, 6.07) is 35.5. The van der Waals surface area contributed by atoms with Crippen LogP contribution in [0.15, 0.2) is 121 Å². The standard InChI is InChI=1S/C46H49N5O8Si/c1-30-43(60(3,4)38-20-18-37(58-2)19-21-38)41(27-42(53)49(23-24-52)28-31-9-6-5-7-10-31)59-46(30)39-26-36(51(56)57)17-22-40(39)50(45(46)55)29-32-11-8-12-35(25-32)48-44(54)33-13-15-34(47)16-14-33/h5-22,25-26,30,41,43,52H,23-24,27-29,47H2,1-4H3,(H,48,54)/t30-,41+,43-,46+/m0/s1. The van der Waals surface area contributed by atoms with Gasteiger partial charge in [0.25, 0.3) is 17.5 Å². The van der Waals surface area contributed by atoms with Crippen LogP contribution in [0.3, 0.4) is 0 Å². The number of benzene rings is 5. The molecule has 0 bridgehead atoms. The summed E-state index contributed by atoms with van der Waals surface area (Å²) in [5.41, 5.74) is 7.53. The summed E-state index contributed by atoms with van der Waals surface area (Å²) in [6.45, 7) is 6.56. The van der Waals surface area contributed by atoms with Crippen LogP contribution in [0.25, 0.3) is 0 Å². The number of aliphatic hydroxyl groups excluding tert-OH is 1. The lowest BCUT2D eigenvalue weighted by molar-refractivity contribution is -0.385. The smallest absolute Gasteiger partial charge is 0.269 e. The summed E-state index contributed by atoms with van der Waals surface area (Å²) >= 11 is 0. The Balaban J connectivity index is 1.27. The molecular weight excluding hydrogens is 779 g/mol. The maximum absolute atomic E-state index is 15.4. The molecule has 7 rings (SSSR count). The van der Waals surface area contributed by atoms with Crippen molar-refractivity contribution in [1.29, 1.82) is 0 Å². The highest BCUT2D eigenvalue weighted by atomic mass is 28.3. The number of carbonyl (C=O) groups is 3. The molecule has 5 aromatic rings. The van der Waals surface area contributed by atoms with Gasteiger partial charge >= 0.3 is 0 Å². The topological polar surface area (TPSA) is 178 Å². The minimum Gasteiger partial charge on any atom is -0.497 e. The second-order valence-corrected chi connectivity index (χ2v) is 20.7. The van der Waals surface area contributed by atoms with Crippen LogP contribution in [-0.2, 0) is 33.0 Å². The van der Waals surface area contributed by atoms with E-state index in [1.165, 1.54) is 12.1 Å². The van der Waals surface area contributed by atoms with Crippen LogP contribution in [0.2, 0.25) is 18.6 Å². The van der Waals surface area contributed by atoms with Crippen LogP contribution >= 0.6 is 0 Å². The largest absolute Gasteiger partial charge is 0.497 e. The zero-order valence-electron chi connectivity index (χ0n) is 34.0. The van der Waals surface area contributed by atoms with Gasteiger partial charge in [0.1, 0.15) is 5.75 Å². The number of nitro groups is 1. The summed E-state index contributed by atoms with van der Waals surface area (Å²) in [5.74, 6) is -0.808. The lowest BCUT2D eigenvalue weighted by Gasteiger charge is -2.37. The van der Waals surface area contributed by atoms with Crippen molar-refractivity contribution in [2.45, 2.75) is 56.8 Å². The molecule has 2 aliphatic rings. The van der Waals surface area contributed by atoms with Crippen molar-refractivity contribution >= 4 is 53.7 Å². The third-order valence-electron chi connectivity index (χ3n) is 12.0. The number of nitrogens with two attached hydrogens (primary N) is 1. The fraction of sp³-hybridized carbons (Fsp3) is 0.283. The van der Waals surface area contributed by atoms with Gasteiger partial charge in [0.15, 0.2) is 5.60 Å². The lowest BCUT2D eigenvalue weighted by atomic mass is 9.82. The van der Waals surface area contributed by atoms with E-state index in [4.69, 9.17) is 15.2 Å². The normalized spacial score (nSPS) is 19.6. The number of amides is 3. The Morgan fingerprint density at radius 2 is 1.67 bits per heavy atom. The predicted octanol–water partition coefficient (Wildman–Crippen LogP) is 6.61. The van der Waals surface area contributed by atoms with Gasteiger partial charge in [-0.05, 0) is 71.3 Å². The number of nitrogens with zero attached hydrogens (tertiary/aromatic N) is 3. The Bertz CT molecular complexity index is 2390. The number of rotatable bonds is 14. The molecule has 0 unspecified atom stereocenters. The molecule has 0 aromatic heterocycles. The summed E-state index contributed by atoms with van der Waals surface area (Å²) < 4.78 is 12.6. The van der Waals surface area contributed by atoms with Crippen LogP contribution < -0.4 is 25.9 Å². The third kappa shape index (κ3) is 8.00. The van der Waals surface area contributed by atoms with Crippen molar-refractivity contribution in [1.82, 2.24) is 4.90 Å². The molecule has 5 aromatic carbocycles. The molecule has 1 fully saturated rings. The molecule has 13 nitrogen and oxygen atoms in total. The van der Waals surface area contributed by atoms with Crippen molar-refractivity contribution in [3.63, 3.8) is 0 Å². The second kappa shape index (κ2) is 17.1. The highest BCUT2D eigenvalue weighted by Gasteiger charge is 2.66. The number of non-ortho nitro benzene ring substituents is 1. The number of ether oxygens (including phenoxy) is 2. The predicted molar refractivity (Wildman–Crippen MR) is 233 cm³/mol. The molecule has 4 atom stereocenters. The minimum absolute atomic E-state index is 0.0714. The zero-order valence-corrected chi connectivity index (χ0v) is 35.0. The summed E-state index contributed by atoms with van der Waals surface area (Å²) in [5, 5.41) is 26.3. The van der Waals surface area contributed by atoms with Crippen LogP contribution in [0.4, 0.5) is 22.7 Å². The molecule has 0 aliphatic carbocycles. The molecule has 2 aliphatic heterocycles. The van der Waals surface area contributed by atoms with Crippen molar-refractivity contribution in [2.24, 2.45) is 5.92 Å². The molecule has 1 saturated heterocycles. The Kier molecular flexibility index (Phi) is 11.9. The Morgan fingerprint density at radius 3 is 2.33 bits per heavy atom. The first-order valence-corrected chi connectivity index (χ1v) is 23.0. The minimum atomic E-state index is -2.69. The fourth-order valence-corrected chi connectivity index (χ4v) is 13.1. The monoisotopic (exact) mass is 827 g/mol. The van der Waals surface area contributed by atoms with Crippen LogP contribution in [0.5, 0.6) is 5.75 Å². The quantitative estimate of drug-likeness (QED) is 0.0481. The number of anilines is 3. The van der Waals surface area contributed by atoms with E-state index in [2.05, 4.69) is 18.4 Å². The number of nitrogen functional groups attached to an aromatic ring is 1. The number of carbonyl (C=O) groups excluding carboxylic acids is 3. The third-order valence-corrected chi connectivity index (χ3v) is 16.4. The van der Waals surface area contributed by atoms with Crippen molar-refractivity contribution in [2.75, 3.05) is 36.2 Å². The van der Waals surface area contributed by atoms with Crippen molar-refractivity contribution in [3.05, 3.63) is 154 Å². The van der Waals surface area contributed by atoms with Crippen LogP contribution in [0, 0.1) is 16.0 Å². The Labute approximate surface area is 349 Å². The van der Waals surface area contributed by atoms with E-state index in [1.54, 1.807) is 65.4 Å². The van der Waals surface area contributed by atoms with Crippen LogP contribution in [0.1, 0.15) is 40.4 Å². The molecule has 14 heteroatoms. The average Bonchev–Trinajstić information content (AvgIpc) is 3.66. The number of nitro benzene ring substituents is 1. The first-order valence-electron chi connectivity index (χ1n) is 19.9. The van der Waals surface area contributed by atoms with Crippen LogP contribution in [-0.4, -0.2) is 67.1 Å². The van der Waals surface area contributed by atoms with Crippen molar-refractivity contribution in [3.8, 4) is 5.75 Å². The highest BCUT2D eigenvalue weighted by molar-refractivity contribution is 6.91. The molecule has 60 heavy (non-hydrogen) atoms. The Morgan fingerprint density at radius 1 is 0.967 bits per heavy atom. The lowest BCUT2D eigenvalue weighted by Crippen LogP contribution is -2.52. The van der Waals surface area contributed by atoms with E-state index in [0.29, 0.717) is 39.5 Å². The van der Waals surface area contributed by atoms with Gasteiger partial charge in [-0.3, -0.25) is 24.5 Å². The van der Waals surface area contributed by atoms with E-state index < -0.39 is 36.5 Å². The molecule has 2 heterocycles. The highest BCUT2D eigenvalue weighted by Crippen LogP contribution is 2.60. The molecule has 1 spiro atoms. The van der Waals surface area contributed by atoms with Crippen molar-refractivity contribution < 1.29 is 33.9 Å². The van der Waals surface area contributed by atoms with E-state index in [1.807, 2.05) is 67.6 Å². The summed E-state index contributed by atoms with van der Waals surface area (Å²) in [4.78, 5) is 57.9. The van der Waals surface area contributed by atoms with E-state index in [-0.39, 0.29) is 55.7 Å². The number of fused-ring (bicyclic) bond motifs is 2. The molecular formula is C46H49N5O8Si. The SMILES string of the molecule is COc1ccc([Si](C)(C)[C@@H]2[C@@H](CC(=O)N(CCO)Cc3ccccc3)O[C@]3(C(=O)N(Cc4cccc(NC(=O)c5ccc(N)cc5)c4)c4ccc([N+](=O)[O-])cc43)[C@H]2C)cc1. The second-order valence-electron chi connectivity index (χ2n) is 16.0. The maximum atomic E-state index is 15.4. The average molecular weight is 828 g/mol. The molecule has 310 valence electrons. The number of nitrogens with one attached hydrogen (secondary N) is 1. The zero-order chi connectivity index (χ0) is 42.8. The number of hydrogen-bond acceptors (Lipinski definition) is 9. The molecule has 4 N–H and O–H groups in total. The van der Waals surface area contributed by atoms with Gasteiger partial charge in [-0.2, -0.15) is 0 Å². The summed E-state index contributed by atoms with van der Waals surface area (Å²) in [7, 11) is -1.08. The molecule has 0 radical (unpaired) electrons. The maximum Gasteiger partial charge on any atom is 0.269 e. The van der Waals surface area contributed by atoms with Gasteiger partial charge in [-0.25, -0.2) is 0 Å². The number of aliphatic hydroxyl groups is 1. The fourth-order valence-electron chi connectivity index (χ4n) is 9.06. The first kappa shape index (κ1) is 41.8. The number of hydrogen-bond donors (Lipinski definition) is 3. The van der Waals surface area contributed by atoms with Gasteiger partial charge in [0.05, 0.1) is 51.5 Å². The van der Waals surface area contributed by atoms with Gasteiger partial charge in [-0.15, -0.1) is 0 Å². The summed E-state index contributed by atoms with van der Waals surface area (Å²) in [6.07, 6.45) is -0.847. The van der Waals surface area contributed by atoms with Gasteiger partial charge in [-0.1, -0.05) is 79.8 Å². The number of methoxy groups -OCH3 is 1. The van der Waals surface area contributed by atoms with E-state index in [9.17, 15) is 24.8 Å². The molecule has 0 saturated carbocycles. The van der Waals surface area contributed by atoms with Gasteiger partial charge < -0.3 is 35.4 Å². The van der Waals surface area contributed by atoms with E-state index >= 15 is 4.79 Å². The van der Waals surface area contributed by atoms with Gasteiger partial charge in [0.2, 0.25) is 5.91 Å². The first-order chi connectivity index (χ1) is 28.8. The van der Waals surface area contributed by atoms with E-state index in [0.717, 1.165) is 10.8 Å². The molecule has 3 amide bonds. The Hall–Kier alpha value is -6.35. The van der Waals surface area contributed by atoms with Gasteiger partial charge in [0, 0.05) is 53.6 Å².